The van der Waals surface area contributed by atoms with Gasteiger partial charge >= 0.3 is 0 Å². The summed E-state index contributed by atoms with van der Waals surface area (Å²) in [6, 6.07) is 8.67. The number of benzene rings is 1. The highest BCUT2D eigenvalue weighted by molar-refractivity contribution is 6.31. The minimum atomic E-state index is 0.643. The van der Waals surface area contributed by atoms with Crippen molar-refractivity contribution in [1.82, 2.24) is 15.1 Å². The van der Waals surface area contributed by atoms with Gasteiger partial charge < -0.3 is 5.32 Å². The fourth-order valence-corrected chi connectivity index (χ4v) is 3.01. The molecule has 1 aromatic carbocycles. The lowest BCUT2D eigenvalue weighted by Gasteiger charge is -2.30. The largest absolute Gasteiger partial charge is 0.311 e. The summed E-state index contributed by atoms with van der Waals surface area (Å²) in [5.74, 6) is 0.643. The second kappa shape index (κ2) is 4.99. The molecule has 19 heavy (non-hydrogen) atoms. The Labute approximate surface area is 118 Å². The number of nitrogens with one attached hydrogen (secondary N) is 1. The summed E-state index contributed by atoms with van der Waals surface area (Å²) >= 11 is 6.23. The Morgan fingerprint density at radius 2 is 2.21 bits per heavy atom. The highest BCUT2D eigenvalue weighted by Crippen LogP contribution is 2.34. The summed E-state index contributed by atoms with van der Waals surface area (Å²) in [4.78, 5) is 0. The van der Waals surface area contributed by atoms with E-state index in [-0.39, 0.29) is 0 Å². The van der Waals surface area contributed by atoms with Crippen LogP contribution < -0.4 is 5.32 Å². The van der Waals surface area contributed by atoms with Crippen molar-refractivity contribution in [2.45, 2.75) is 25.8 Å². The first-order chi connectivity index (χ1) is 9.16. The summed E-state index contributed by atoms with van der Waals surface area (Å²) in [6.07, 6.45) is 1.18. The average molecular weight is 276 g/mol. The molecule has 100 valence electrons. The van der Waals surface area contributed by atoms with E-state index in [1.807, 2.05) is 18.7 Å². The molecule has 1 aromatic heterocycles. The van der Waals surface area contributed by atoms with Crippen LogP contribution in [0.1, 0.15) is 28.4 Å². The first-order valence-corrected chi connectivity index (χ1v) is 7.01. The molecule has 3 nitrogen and oxygen atoms in total. The third-order valence-corrected chi connectivity index (χ3v) is 4.40. The standard InChI is InChI=1S/C15H18ClN3/c1-10-15(16)14(19(2)18-10)9-17-8-12-7-11-5-3-4-6-13(11)12/h3-6,12,17H,7-9H2,1-2H3. The zero-order valence-electron chi connectivity index (χ0n) is 11.3. The lowest BCUT2D eigenvalue weighted by atomic mass is 9.77. The number of nitrogens with zero attached hydrogens (tertiary/aromatic N) is 2. The number of hydrogen-bond acceptors (Lipinski definition) is 2. The quantitative estimate of drug-likeness (QED) is 0.930. The number of fused-ring (bicyclic) bond motifs is 1. The number of halogens is 1. The van der Waals surface area contributed by atoms with E-state index in [0.717, 1.165) is 29.5 Å². The third-order valence-electron chi connectivity index (χ3n) is 3.91. The molecule has 0 saturated heterocycles. The molecular formula is C15H18ClN3. The Hall–Kier alpha value is -1.32. The summed E-state index contributed by atoms with van der Waals surface area (Å²) < 4.78 is 1.86. The van der Waals surface area contributed by atoms with Gasteiger partial charge in [0.05, 0.1) is 16.4 Å². The van der Waals surface area contributed by atoms with Gasteiger partial charge in [0.1, 0.15) is 0 Å². The van der Waals surface area contributed by atoms with E-state index >= 15 is 0 Å². The number of rotatable bonds is 4. The molecule has 0 radical (unpaired) electrons. The number of aromatic nitrogens is 2. The Morgan fingerprint density at radius 1 is 1.42 bits per heavy atom. The maximum absolute atomic E-state index is 6.23. The van der Waals surface area contributed by atoms with Gasteiger partial charge in [-0.3, -0.25) is 4.68 Å². The van der Waals surface area contributed by atoms with Gasteiger partial charge in [0, 0.05) is 26.1 Å². The van der Waals surface area contributed by atoms with E-state index in [0.29, 0.717) is 5.92 Å². The van der Waals surface area contributed by atoms with Gasteiger partial charge in [-0.2, -0.15) is 5.10 Å². The number of aryl methyl sites for hydroxylation is 2. The molecular weight excluding hydrogens is 258 g/mol. The van der Waals surface area contributed by atoms with Gasteiger partial charge in [0.2, 0.25) is 0 Å². The Kier molecular flexibility index (Phi) is 3.33. The van der Waals surface area contributed by atoms with Crippen molar-refractivity contribution < 1.29 is 0 Å². The molecule has 1 heterocycles. The van der Waals surface area contributed by atoms with Crippen LogP contribution in [0.5, 0.6) is 0 Å². The van der Waals surface area contributed by atoms with Gasteiger partial charge in [-0.05, 0) is 24.5 Å². The molecule has 0 bridgehead atoms. The van der Waals surface area contributed by atoms with Gasteiger partial charge in [-0.15, -0.1) is 0 Å². The van der Waals surface area contributed by atoms with Crippen molar-refractivity contribution in [3.05, 3.63) is 51.8 Å². The van der Waals surface area contributed by atoms with Crippen molar-refractivity contribution in [2.75, 3.05) is 6.54 Å². The fraction of sp³-hybridized carbons (Fsp3) is 0.400. The first kappa shape index (κ1) is 12.7. The van der Waals surface area contributed by atoms with Crippen molar-refractivity contribution >= 4 is 11.6 Å². The lowest BCUT2D eigenvalue weighted by molar-refractivity contribution is 0.524. The maximum Gasteiger partial charge on any atom is 0.0860 e. The fourth-order valence-electron chi connectivity index (χ4n) is 2.78. The maximum atomic E-state index is 6.23. The highest BCUT2D eigenvalue weighted by atomic mass is 35.5. The van der Waals surface area contributed by atoms with Crippen LogP contribution in [0.25, 0.3) is 0 Å². The van der Waals surface area contributed by atoms with E-state index < -0.39 is 0 Å². The Balaban J connectivity index is 1.58. The topological polar surface area (TPSA) is 29.9 Å². The molecule has 0 aliphatic heterocycles. The van der Waals surface area contributed by atoms with E-state index in [4.69, 9.17) is 11.6 Å². The van der Waals surface area contributed by atoms with E-state index in [1.54, 1.807) is 0 Å². The van der Waals surface area contributed by atoms with Crippen LogP contribution in [0, 0.1) is 6.92 Å². The van der Waals surface area contributed by atoms with E-state index in [9.17, 15) is 0 Å². The first-order valence-electron chi connectivity index (χ1n) is 6.63. The lowest BCUT2D eigenvalue weighted by Crippen LogP contribution is -2.29. The van der Waals surface area contributed by atoms with Gasteiger partial charge in [0.15, 0.2) is 0 Å². The second-order valence-corrected chi connectivity index (χ2v) is 5.58. The monoisotopic (exact) mass is 275 g/mol. The minimum absolute atomic E-state index is 0.643. The second-order valence-electron chi connectivity index (χ2n) is 5.20. The van der Waals surface area contributed by atoms with E-state index in [2.05, 4.69) is 34.7 Å². The van der Waals surface area contributed by atoms with Gasteiger partial charge in [-0.1, -0.05) is 35.9 Å². The van der Waals surface area contributed by atoms with Gasteiger partial charge in [0.25, 0.3) is 0 Å². The zero-order chi connectivity index (χ0) is 13.4. The van der Waals surface area contributed by atoms with Crippen LogP contribution >= 0.6 is 11.6 Å². The van der Waals surface area contributed by atoms with Crippen LogP contribution in [0.15, 0.2) is 24.3 Å². The molecule has 0 amide bonds. The smallest absolute Gasteiger partial charge is 0.0860 e. The SMILES string of the molecule is Cc1nn(C)c(CNCC2Cc3ccccc32)c1Cl. The normalized spacial score (nSPS) is 17.1. The molecule has 1 atom stereocenters. The molecule has 1 aliphatic carbocycles. The summed E-state index contributed by atoms with van der Waals surface area (Å²) in [6.45, 7) is 3.71. The molecule has 0 saturated carbocycles. The number of hydrogen-bond donors (Lipinski definition) is 1. The van der Waals surface area contributed by atoms with Crippen LogP contribution in [-0.2, 0) is 20.0 Å². The van der Waals surface area contributed by atoms with Gasteiger partial charge in [-0.25, -0.2) is 0 Å². The summed E-state index contributed by atoms with van der Waals surface area (Å²) in [5.41, 5.74) is 4.94. The van der Waals surface area contributed by atoms with Crippen LogP contribution in [0.2, 0.25) is 5.02 Å². The predicted molar refractivity (Wildman–Crippen MR) is 77.5 cm³/mol. The van der Waals surface area contributed by atoms with Crippen molar-refractivity contribution in [3.8, 4) is 0 Å². The van der Waals surface area contributed by atoms with Crippen LogP contribution in [0.4, 0.5) is 0 Å². The molecule has 0 fully saturated rings. The molecule has 3 rings (SSSR count). The molecule has 4 heteroatoms. The van der Waals surface area contributed by atoms with Crippen molar-refractivity contribution in [1.29, 1.82) is 0 Å². The summed E-state index contributed by atoms with van der Waals surface area (Å²) in [7, 11) is 1.94. The highest BCUT2D eigenvalue weighted by Gasteiger charge is 2.24. The minimum Gasteiger partial charge on any atom is -0.311 e. The van der Waals surface area contributed by atoms with Crippen molar-refractivity contribution in [2.24, 2.45) is 7.05 Å². The molecule has 1 aliphatic rings. The Bertz CT molecular complexity index is 603. The zero-order valence-corrected chi connectivity index (χ0v) is 12.0. The summed E-state index contributed by atoms with van der Waals surface area (Å²) in [5, 5.41) is 8.60. The van der Waals surface area contributed by atoms with Crippen molar-refractivity contribution in [3.63, 3.8) is 0 Å². The van der Waals surface area contributed by atoms with E-state index in [1.165, 1.54) is 17.5 Å². The van der Waals surface area contributed by atoms with Crippen LogP contribution in [0.3, 0.4) is 0 Å². The molecule has 2 aromatic rings. The third kappa shape index (κ3) is 2.28. The van der Waals surface area contributed by atoms with Crippen LogP contribution in [-0.4, -0.2) is 16.3 Å². The molecule has 0 spiro atoms. The predicted octanol–water partition coefficient (Wildman–Crippen LogP) is 2.81. The molecule has 1 N–H and O–H groups in total. The Morgan fingerprint density at radius 3 is 2.89 bits per heavy atom. The average Bonchev–Trinajstić information content (AvgIpc) is 2.61. The molecule has 1 unspecified atom stereocenters.